The molecule has 0 saturated carbocycles. The second-order valence-corrected chi connectivity index (χ2v) is 7.93. The zero-order valence-electron chi connectivity index (χ0n) is 18.0. The molecule has 1 unspecified atom stereocenters. The van der Waals surface area contributed by atoms with Gasteiger partial charge in [-0.1, -0.05) is 18.2 Å². The largest absolute Gasteiger partial charge is 0.508 e. The Morgan fingerprint density at radius 3 is 2.27 bits per heavy atom. The lowest BCUT2D eigenvalue weighted by Gasteiger charge is -2.25. The van der Waals surface area contributed by atoms with Crippen molar-refractivity contribution in [3.8, 4) is 11.5 Å². The third-order valence-corrected chi connectivity index (χ3v) is 5.24. The van der Waals surface area contributed by atoms with E-state index in [-0.39, 0.29) is 28.9 Å². The van der Waals surface area contributed by atoms with E-state index in [1.807, 2.05) is 13.8 Å². The molecule has 6 nitrogen and oxygen atoms in total. The third-order valence-electron chi connectivity index (χ3n) is 5.24. The first-order chi connectivity index (χ1) is 15.8. The molecule has 0 aliphatic carbocycles. The SMILES string of the molecule is CC(C)Oc1ccc(/C(O)=C2\C(=O)C(=O)N(c3cccc(F)c3)C2c2ccc(O)cc2)cc1. The number of nitrogens with zero attached hydrogens (tertiary/aromatic N) is 1. The molecular formula is C26H22FNO5. The summed E-state index contributed by atoms with van der Waals surface area (Å²) in [6.45, 7) is 3.78. The Morgan fingerprint density at radius 2 is 1.67 bits per heavy atom. The van der Waals surface area contributed by atoms with Gasteiger partial charge in [-0.15, -0.1) is 0 Å². The summed E-state index contributed by atoms with van der Waals surface area (Å²) < 4.78 is 19.6. The van der Waals surface area contributed by atoms with Crippen LogP contribution in [0.3, 0.4) is 0 Å². The second-order valence-electron chi connectivity index (χ2n) is 7.93. The smallest absolute Gasteiger partial charge is 0.300 e. The summed E-state index contributed by atoms with van der Waals surface area (Å²) in [5.41, 5.74) is 0.840. The van der Waals surface area contributed by atoms with Crippen molar-refractivity contribution in [3.63, 3.8) is 0 Å². The lowest BCUT2D eigenvalue weighted by atomic mass is 9.95. The Balaban J connectivity index is 1.86. The molecule has 7 heteroatoms. The monoisotopic (exact) mass is 447 g/mol. The van der Waals surface area contributed by atoms with Gasteiger partial charge in [0, 0.05) is 11.3 Å². The summed E-state index contributed by atoms with van der Waals surface area (Å²) >= 11 is 0. The molecule has 1 amide bonds. The number of amides is 1. The first-order valence-corrected chi connectivity index (χ1v) is 10.4. The summed E-state index contributed by atoms with van der Waals surface area (Å²) in [4.78, 5) is 27.3. The van der Waals surface area contributed by atoms with Crippen molar-refractivity contribution in [2.45, 2.75) is 26.0 Å². The van der Waals surface area contributed by atoms with Gasteiger partial charge >= 0.3 is 0 Å². The van der Waals surface area contributed by atoms with E-state index in [0.29, 0.717) is 16.9 Å². The van der Waals surface area contributed by atoms with Crippen LogP contribution in [0.15, 0.2) is 78.4 Å². The van der Waals surface area contributed by atoms with Crippen LogP contribution in [-0.4, -0.2) is 28.0 Å². The predicted octanol–water partition coefficient (Wildman–Crippen LogP) is 4.94. The molecule has 0 aromatic heterocycles. The van der Waals surface area contributed by atoms with Crippen molar-refractivity contribution < 1.29 is 28.9 Å². The average Bonchev–Trinajstić information content (AvgIpc) is 3.04. The van der Waals surface area contributed by atoms with E-state index in [1.54, 1.807) is 36.4 Å². The van der Waals surface area contributed by atoms with Gasteiger partial charge in [0.05, 0.1) is 17.7 Å². The standard InChI is InChI=1S/C26H22FNO5/c1-15(2)33-21-12-8-17(9-13-21)24(30)22-23(16-6-10-20(29)11-7-16)28(26(32)25(22)31)19-5-3-4-18(27)14-19/h3-15,23,29-30H,1-2H3/b24-22+. The minimum absolute atomic E-state index is 0.00204. The lowest BCUT2D eigenvalue weighted by molar-refractivity contribution is -0.132. The summed E-state index contributed by atoms with van der Waals surface area (Å²) in [5, 5.41) is 20.8. The average molecular weight is 447 g/mol. The normalized spacial score (nSPS) is 17.6. The van der Waals surface area contributed by atoms with Gasteiger partial charge in [0.25, 0.3) is 11.7 Å². The van der Waals surface area contributed by atoms with Crippen molar-refractivity contribution in [3.05, 3.63) is 95.3 Å². The van der Waals surface area contributed by atoms with Gasteiger partial charge in [-0.2, -0.15) is 0 Å². The maximum absolute atomic E-state index is 13.9. The zero-order chi connectivity index (χ0) is 23.7. The molecule has 1 aliphatic rings. The number of rotatable bonds is 5. The highest BCUT2D eigenvalue weighted by atomic mass is 19.1. The Labute approximate surface area is 190 Å². The molecule has 1 aliphatic heterocycles. The van der Waals surface area contributed by atoms with E-state index in [1.165, 1.54) is 30.3 Å². The minimum Gasteiger partial charge on any atom is -0.508 e. The molecule has 1 atom stereocenters. The Hall–Kier alpha value is -4.13. The van der Waals surface area contributed by atoms with Crippen LogP contribution in [-0.2, 0) is 9.59 Å². The molecular weight excluding hydrogens is 425 g/mol. The minimum atomic E-state index is -1.01. The molecule has 3 aromatic rings. The number of hydrogen-bond acceptors (Lipinski definition) is 5. The van der Waals surface area contributed by atoms with Crippen LogP contribution >= 0.6 is 0 Å². The van der Waals surface area contributed by atoms with Gasteiger partial charge in [0.1, 0.15) is 23.1 Å². The number of aliphatic hydroxyl groups excluding tert-OH is 1. The predicted molar refractivity (Wildman–Crippen MR) is 121 cm³/mol. The van der Waals surface area contributed by atoms with E-state index >= 15 is 0 Å². The number of benzene rings is 3. The molecule has 33 heavy (non-hydrogen) atoms. The molecule has 1 heterocycles. The molecule has 0 bridgehead atoms. The van der Waals surface area contributed by atoms with Crippen LogP contribution in [0, 0.1) is 5.82 Å². The van der Waals surface area contributed by atoms with Gasteiger partial charge < -0.3 is 14.9 Å². The fraction of sp³-hybridized carbons (Fsp3) is 0.154. The maximum atomic E-state index is 13.9. The van der Waals surface area contributed by atoms with Crippen molar-refractivity contribution >= 4 is 23.1 Å². The summed E-state index contributed by atoms with van der Waals surface area (Å²) in [6, 6.07) is 16.7. The number of phenolic OH excluding ortho intramolecular Hbond substituents is 1. The van der Waals surface area contributed by atoms with E-state index in [4.69, 9.17) is 4.74 Å². The van der Waals surface area contributed by atoms with Crippen LogP contribution in [0.4, 0.5) is 10.1 Å². The number of Topliss-reactive ketones (excluding diaryl/α,β-unsaturated/α-hetero) is 1. The highest BCUT2D eigenvalue weighted by Gasteiger charge is 2.47. The van der Waals surface area contributed by atoms with Crippen LogP contribution in [0.5, 0.6) is 11.5 Å². The zero-order valence-corrected chi connectivity index (χ0v) is 18.0. The van der Waals surface area contributed by atoms with Gasteiger partial charge in [-0.05, 0) is 74.0 Å². The van der Waals surface area contributed by atoms with E-state index in [9.17, 15) is 24.2 Å². The highest BCUT2D eigenvalue weighted by molar-refractivity contribution is 6.51. The fourth-order valence-electron chi connectivity index (χ4n) is 3.82. The molecule has 1 saturated heterocycles. The third kappa shape index (κ3) is 4.30. The van der Waals surface area contributed by atoms with Gasteiger partial charge in [0.15, 0.2) is 0 Å². The summed E-state index contributed by atoms with van der Waals surface area (Å²) in [6.07, 6.45) is -0.0319. The number of ether oxygens (including phenoxy) is 1. The van der Waals surface area contributed by atoms with Gasteiger partial charge in [-0.3, -0.25) is 14.5 Å². The number of ketones is 1. The van der Waals surface area contributed by atoms with E-state index in [2.05, 4.69) is 0 Å². The van der Waals surface area contributed by atoms with Crippen molar-refractivity contribution in [1.82, 2.24) is 0 Å². The summed E-state index contributed by atoms with van der Waals surface area (Å²) in [5.74, 6) is -2.11. The lowest BCUT2D eigenvalue weighted by Crippen LogP contribution is -2.29. The Morgan fingerprint density at radius 1 is 1.00 bits per heavy atom. The van der Waals surface area contributed by atoms with E-state index in [0.717, 1.165) is 11.0 Å². The summed E-state index contributed by atoms with van der Waals surface area (Å²) in [7, 11) is 0. The maximum Gasteiger partial charge on any atom is 0.300 e. The number of carbonyl (C=O) groups excluding carboxylic acids is 2. The van der Waals surface area contributed by atoms with Gasteiger partial charge in [0.2, 0.25) is 0 Å². The molecule has 1 fully saturated rings. The van der Waals surface area contributed by atoms with Crippen LogP contribution in [0.1, 0.15) is 31.0 Å². The molecule has 0 radical (unpaired) electrons. The first-order valence-electron chi connectivity index (χ1n) is 10.4. The number of phenols is 1. The number of hydrogen-bond donors (Lipinski definition) is 2. The Bertz CT molecular complexity index is 1230. The molecule has 3 aromatic carbocycles. The topological polar surface area (TPSA) is 87.1 Å². The molecule has 4 rings (SSSR count). The first kappa shape index (κ1) is 22.1. The number of aliphatic hydroxyl groups is 1. The van der Waals surface area contributed by atoms with Crippen LogP contribution in [0.25, 0.3) is 5.76 Å². The van der Waals surface area contributed by atoms with E-state index < -0.39 is 23.5 Å². The van der Waals surface area contributed by atoms with Crippen molar-refractivity contribution in [2.75, 3.05) is 4.90 Å². The highest BCUT2D eigenvalue weighted by Crippen LogP contribution is 2.42. The van der Waals surface area contributed by atoms with Crippen LogP contribution in [0.2, 0.25) is 0 Å². The quantitative estimate of drug-likeness (QED) is 0.329. The van der Waals surface area contributed by atoms with Crippen LogP contribution < -0.4 is 9.64 Å². The number of aromatic hydroxyl groups is 1. The number of halogens is 1. The van der Waals surface area contributed by atoms with Crippen molar-refractivity contribution in [2.24, 2.45) is 0 Å². The number of anilines is 1. The van der Waals surface area contributed by atoms with Crippen molar-refractivity contribution in [1.29, 1.82) is 0 Å². The second kappa shape index (κ2) is 8.78. The van der Waals surface area contributed by atoms with Gasteiger partial charge in [-0.25, -0.2) is 4.39 Å². The fourth-order valence-corrected chi connectivity index (χ4v) is 3.82. The number of carbonyl (C=O) groups is 2. The molecule has 2 N–H and O–H groups in total. The molecule has 0 spiro atoms. The Kier molecular flexibility index (Phi) is 5.87. The molecule has 168 valence electrons.